The molecule has 0 fully saturated rings. The van der Waals surface area contributed by atoms with Gasteiger partial charge in [0.25, 0.3) is 0 Å². The van der Waals surface area contributed by atoms with Crippen LogP contribution in [0.4, 0.5) is 0 Å². The standard InChI is InChI=1S/C24H40/c1-21(2)14-8-5-10-16-23(17-11-6-9-15-22(3)4)20-24-18-12-7-13-19-24/h7,12-13,18-22H,5-6,8-11,14-17H2,1-4H3. The fourth-order valence-corrected chi connectivity index (χ4v) is 3.22. The van der Waals surface area contributed by atoms with Crippen LogP contribution in [0.15, 0.2) is 35.9 Å². The lowest BCUT2D eigenvalue weighted by Crippen LogP contribution is -1.91. The van der Waals surface area contributed by atoms with Crippen LogP contribution in [0.1, 0.15) is 97.5 Å². The van der Waals surface area contributed by atoms with E-state index in [1.54, 1.807) is 5.57 Å². The predicted octanol–water partition coefficient (Wildman–Crippen LogP) is 8.28. The highest BCUT2D eigenvalue weighted by molar-refractivity contribution is 5.52. The predicted molar refractivity (Wildman–Crippen MR) is 110 cm³/mol. The summed E-state index contributed by atoms with van der Waals surface area (Å²) in [6.07, 6.45) is 16.1. The molecule has 0 heteroatoms. The fraction of sp³-hybridized carbons (Fsp3) is 0.667. The number of benzene rings is 1. The van der Waals surface area contributed by atoms with Crippen LogP contribution in [0, 0.1) is 11.8 Å². The second-order valence-electron chi connectivity index (χ2n) is 8.20. The van der Waals surface area contributed by atoms with E-state index in [0.717, 1.165) is 11.8 Å². The SMILES string of the molecule is CC(C)CCCCCC(=Cc1ccccc1)CCCCCC(C)C. The highest BCUT2D eigenvalue weighted by Crippen LogP contribution is 2.21. The Kier molecular flexibility index (Phi) is 11.6. The Bertz CT molecular complexity index is 405. The van der Waals surface area contributed by atoms with Gasteiger partial charge in [-0.25, -0.2) is 0 Å². The molecule has 0 saturated carbocycles. The molecule has 1 rings (SSSR count). The van der Waals surface area contributed by atoms with Gasteiger partial charge in [0, 0.05) is 0 Å². The van der Waals surface area contributed by atoms with Crippen molar-refractivity contribution < 1.29 is 0 Å². The van der Waals surface area contributed by atoms with E-state index in [2.05, 4.69) is 64.1 Å². The molecule has 0 aliphatic rings. The summed E-state index contributed by atoms with van der Waals surface area (Å²) >= 11 is 0. The van der Waals surface area contributed by atoms with Crippen LogP contribution in [0.5, 0.6) is 0 Å². The van der Waals surface area contributed by atoms with Crippen molar-refractivity contribution >= 4 is 6.08 Å². The van der Waals surface area contributed by atoms with Gasteiger partial charge in [0.2, 0.25) is 0 Å². The summed E-state index contributed by atoms with van der Waals surface area (Å²) in [6, 6.07) is 10.9. The van der Waals surface area contributed by atoms with Crippen molar-refractivity contribution in [1.29, 1.82) is 0 Å². The molecule has 0 aromatic heterocycles. The number of hydrogen-bond acceptors (Lipinski definition) is 0. The monoisotopic (exact) mass is 328 g/mol. The minimum Gasteiger partial charge on any atom is -0.0696 e. The van der Waals surface area contributed by atoms with E-state index in [-0.39, 0.29) is 0 Å². The molecule has 0 atom stereocenters. The molecule has 1 aromatic carbocycles. The number of allylic oxidation sites excluding steroid dienone is 1. The quantitative estimate of drug-likeness (QED) is 0.319. The molecule has 0 spiro atoms. The van der Waals surface area contributed by atoms with E-state index < -0.39 is 0 Å². The molecular formula is C24H40. The van der Waals surface area contributed by atoms with Crippen LogP contribution in [0.25, 0.3) is 6.08 Å². The van der Waals surface area contributed by atoms with E-state index in [1.807, 2.05) is 0 Å². The van der Waals surface area contributed by atoms with Crippen LogP contribution in [-0.4, -0.2) is 0 Å². The molecule has 0 N–H and O–H groups in total. The van der Waals surface area contributed by atoms with E-state index in [4.69, 9.17) is 0 Å². The second-order valence-corrected chi connectivity index (χ2v) is 8.20. The van der Waals surface area contributed by atoms with Crippen molar-refractivity contribution in [3.05, 3.63) is 41.5 Å². The first-order chi connectivity index (χ1) is 11.6. The van der Waals surface area contributed by atoms with Crippen molar-refractivity contribution in [2.24, 2.45) is 11.8 Å². The number of hydrogen-bond donors (Lipinski definition) is 0. The van der Waals surface area contributed by atoms with Crippen molar-refractivity contribution in [1.82, 2.24) is 0 Å². The Morgan fingerprint density at radius 1 is 0.708 bits per heavy atom. The Hall–Kier alpha value is -1.04. The van der Waals surface area contributed by atoms with E-state index in [0.29, 0.717) is 0 Å². The molecule has 0 saturated heterocycles. The van der Waals surface area contributed by atoms with Gasteiger partial charge in [0.05, 0.1) is 0 Å². The van der Waals surface area contributed by atoms with Gasteiger partial charge in [0.15, 0.2) is 0 Å². The van der Waals surface area contributed by atoms with Crippen LogP contribution in [0.3, 0.4) is 0 Å². The molecule has 0 nitrogen and oxygen atoms in total. The first kappa shape index (κ1) is 21.0. The van der Waals surface area contributed by atoms with Crippen molar-refractivity contribution in [2.45, 2.75) is 91.9 Å². The fourth-order valence-electron chi connectivity index (χ4n) is 3.22. The molecule has 0 bridgehead atoms. The summed E-state index contributed by atoms with van der Waals surface area (Å²) in [5.41, 5.74) is 3.03. The molecule has 0 unspecified atom stereocenters. The van der Waals surface area contributed by atoms with E-state index in [1.165, 1.54) is 69.8 Å². The Morgan fingerprint density at radius 3 is 1.67 bits per heavy atom. The van der Waals surface area contributed by atoms with Crippen LogP contribution in [0.2, 0.25) is 0 Å². The molecular weight excluding hydrogens is 288 g/mol. The van der Waals surface area contributed by atoms with Gasteiger partial charge in [-0.15, -0.1) is 0 Å². The first-order valence-electron chi connectivity index (χ1n) is 10.3. The summed E-state index contributed by atoms with van der Waals surface area (Å²) in [6.45, 7) is 9.32. The summed E-state index contributed by atoms with van der Waals surface area (Å²) in [4.78, 5) is 0. The van der Waals surface area contributed by atoms with Gasteiger partial charge in [0.1, 0.15) is 0 Å². The smallest absolute Gasteiger partial charge is 0.0257 e. The zero-order valence-corrected chi connectivity index (χ0v) is 16.7. The third-order valence-corrected chi connectivity index (χ3v) is 4.73. The summed E-state index contributed by atoms with van der Waals surface area (Å²) in [7, 11) is 0. The van der Waals surface area contributed by atoms with E-state index >= 15 is 0 Å². The summed E-state index contributed by atoms with van der Waals surface area (Å²) in [5.74, 6) is 1.70. The van der Waals surface area contributed by atoms with Gasteiger partial charge in [-0.05, 0) is 43.1 Å². The molecule has 0 radical (unpaired) electrons. The topological polar surface area (TPSA) is 0 Å². The van der Waals surface area contributed by atoms with Crippen LogP contribution in [-0.2, 0) is 0 Å². The molecule has 24 heavy (non-hydrogen) atoms. The third kappa shape index (κ3) is 11.5. The average molecular weight is 329 g/mol. The summed E-state index contributed by atoms with van der Waals surface area (Å²) < 4.78 is 0. The maximum atomic E-state index is 2.45. The van der Waals surface area contributed by atoms with Gasteiger partial charge in [-0.2, -0.15) is 0 Å². The zero-order chi connectivity index (χ0) is 17.6. The zero-order valence-electron chi connectivity index (χ0n) is 16.7. The Labute approximate surface area is 151 Å². The highest BCUT2D eigenvalue weighted by atomic mass is 14.1. The molecule has 0 heterocycles. The third-order valence-electron chi connectivity index (χ3n) is 4.73. The highest BCUT2D eigenvalue weighted by Gasteiger charge is 2.02. The normalized spacial score (nSPS) is 11.2. The van der Waals surface area contributed by atoms with Gasteiger partial charge in [-0.3, -0.25) is 0 Å². The van der Waals surface area contributed by atoms with Gasteiger partial charge < -0.3 is 0 Å². The second kappa shape index (κ2) is 13.3. The Morgan fingerprint density at radius 2 is 1.21 bits per heavy atom. The molecule has 0 aliphatic heterocycles. The van der Waals surface area contributed by atoms with Gasteiger partial charge >= 0.3 is 0 Å². The largest absolute Gasteiger partial charge is 0.0696 e. The Balaban J connectivity index is 2.40. The first-order valence-corrected chi connectivity index (χ1v) is 10.3. The minimum atomic E-state index is 0.852. The number of rotatable bonds is 13. The van der Waals surface area contributed by atoms with Crippen molar-refractivity contribution in [3.8, 4) is 0 Å². The minimum absolute atomic E-state index is 0.852. The van der Waals surface area contributed by atoms with Gasteiger partial charge in [-0.1, -0.05) is 108 Å². The lowest BCUT2D eigenvalue weighted by atomic mass is 9.96. The van der Waals surface area contributed by atoms with Crippen LogP contribution < -0.4 is 0 Å². The molecule has 136 valence electrons. The maximum absolute atomic E-state index is 2.45. The van der Waals surface area contributed by atoms with Crippen LogP contribution >= 0.6 is 0 Å². The maximum Gasteiger partial charge on any atom is -0.0257 e. The lowest BCUT2D eigenvalue weighted by molar-refractivity contribution is 0.517. The molecule has 1 aromatic rings. The van der Waals surface area contributed by atoms with E-state index in [9.17, 15) is 0 Å². The molecule has 0 amide bonds. The van der Waals surface area contributed by atoms with Crippen molar-refractivity contribution in [3.63, 3.8) is 0 Å². The molecule has 0 aliphatic carbocycles. The number of unbranched alkanes of at least 4 members (excludes halogenated alkanes) is 4. The van der Waals surface area contributed by atoms with Crippen molar-refractivity contribution in [2.75, 3.05) is 0 Å². The lowest BCUT2D eigenvalue weighted by Gasteiger charge is -2.10. The average Bonchev–Trinajstić information content (AvgIpc) is 2.54. The summed E-state index contributed by atoms with van der Waals surface area (Å²) in [5, 5.41) is 0.